The summed E-state index contributed by atoms with van der Waals surface area (Å²) in [6.07, 6.45) is 4.56. The predicted octanol–water partition coefficient (Wildman–Crippen LogP) is 3.75. The molecule has 34 heavy (non-hydrogen) atoms. The van der Waals surface area contributed by atoms with E-state index >= 15 is 0 Å². The van der Waals surface area contributed by atoms with Crippen molar-refractivity contribution in [3.63, 3.8) is 0 Å². The first-order chi connectivity index (χ1) is 16.1. The molecular formula is C25H36IN7O. The molecule has 1 aliphatic heterocycles. The molecule has 2 N–H and O–H groups in total. The van der Waals surface area contributed by atoms with Gasteiger partial charge >= 0.3 is 0 Å². The number of benzene rings is 1. The summed E-state index contributed by atoms with van der Waals surface area (Å²) in [5.74, 6) is 3.85. The lowest BCUT2D eigenvalue weighted by Crippen LogP contribution is -2.47. The Morgan fingerprint density at radius 3 is 2.74 bits per heavy atom. The molecule has 1 atom stereocenters. The minimum atomic E-state index is 0. The van der Waals surface area contributed by atoms with Crippen LogP contribution in [0.3, 0.4) is 0 Å². The van der Waals surface area contributed by atoms with Crippen molar-refractivity contribution in [2.24, 2.45) is 4.99 Å². The van der Waals surface area contributed by atoms with Gasteiger partial charge in [0.05, 0.1) is 25.9 Å². The number of halogens is 1. The zero-order valence-electron chi connectivity index (χ0n) is 20.3. The van der Waals surface area contributed by atoms with Crippen LogP contribution in [0.1, 0.15) is 48.8 Å². The molecule has 0 bridgehead atoms. The molecule has 0 radical (unpaired) electrons. The number of hydrogen-bond acceptors (Lipinski definition) is 5. The van der Waals surface area contributed by atoms with Gasteiger partial charge in [0.1, 0.15) is 11.6 Å². The van der Waals surface area contributed by atoms with Gasteiger partial charge in [-0.25, -0.2) is 14.7 Å². The normalized spacial score (nSPS) is 15.6. The quantitative estimate of drug-likeness (QED) is 0.229. The number of nitrogens with one attached hydrogen (secondary N) is 2. The van der Waals surface area contributed by atoms with Gasteiger partial charge in [0, 0.05) is 32.0 Å². The highest BCUT2D eigenvalue weighted by Crippen LogP contribution is 2.16. The molecule has 9 heteroatoms. The summed E-state index contributed by atoms with van der Waals surface area (Å²) in [5, 5.41) is 11.6. The van der Waals surface area contributed by atoms with Crippen molar-refractivity contribution >= 4 is 29.9 Å². The zero-order chi connectivity index (χ0) is 23.0. The van der Waals surface area contributed by atoms with Gasteiger partial charge in [0.2, 0.25) is 0 Å². The van der Waals surface area contributed by atoms with Crippen molar-refractivity contribution < 1.29 is 4.42 Å². The molecule has 0 saturated heterocycles. The third-order valence-electron chi connectivity index (χ3n) is 5.88. The third kappa shape index (κ3) is 7.05. The van der Waals surface area contributed by atoms with Crippen LogP contribution in [-0.4, -0.2) is 45.3 Å². The van der Waals surface area contributed by atoms with Gasteiger partial charge in [-0.15, -0.1) is 24.0 Å². The predicted molar refractivity (Wildman–Crippen MR) is 145 cm³/mol. The van der Waals surface area contributed by atoms with Crippen molar-refractivity contribution in [2.75, 3.05) is 13.6 Å². The first-order valence-corrected chi connectivity index (χ1v) is 11.9. The molecule has 184 valence electrons. The van der Waals surface area contributed by atoms with Crippen molar-refractivity contribution in [3.05, 3.63) is 71.2 Å². The Labute approximate surface area is 219 Å². The van der Waals surface area contributed by atoms with E-state index in [2.05, 4.69) is 70.8 Å². The summed E-state index contributed by atoms with van der Waals surface area (Å²) < 4.78 is 7.54. The molecule has 0 aliphatic carbocycles. The highest BCUT2D eigenvalue weighted by molar-refractivity contribution is 14.0. The molecule has 1 aliphatic rings. The maximum atomic E-state index is 5.49. The molecule has 3 heterocycles. The Hall–Kier alpha value is -2.40. The summed E-state index contributed by atoms with van der Waals surface area (Å²) in [4.78, 5) is 11.8. The van der Waals surface area contributed by atoms with Crippen LogP contribution in [0.25, 0.3) is 0 Å². The average Bonchev–Trinajstić information content (AvgIpc) is 3.47. The number of nitrogens with zero attached hydrogens (tertiary/aromatic N) is 5. The number of aromatic nitrogens is 3. The third-order valence-corrected chi connectivity index (χ3v) is 5.88. The van der Waals surface area contributed by atoms with Gasteiger partial charge in [0.15, 0.2) is 11.8 Å². The van der Waals surface area contributed by atoms with Crippen LogP contribution < -0.4 is 10.6 Å². The lowest BCUT2D eigenvalue weighted by molar-refractivity contribution is 0.287. The second-order valence-corrected chi connectivity index (χ2v) is 8.58. The van der Waals surface area contributed by atoms with Crippen molar-refractivity contribution in [2.45, 2.75) is 65.3 Å². The number of aryl methyl sites for hydroxylation is 2. The van der Waals surface area contributed by atoms with E-state index in [4.69, 9.17) is 9.41 Å². The van der Waals surface area contributed by atoms with Crippen LogP contribution in [0.15, 0.2) is 52.1 Å². The van der Waals surface area contributed by atoms with Crippen molar-refractivity contribution in [1.82, 2.24) is 30.3 Å². The lowest BCUT2D eigenvalue weighted by Gasteiger charge is -2.25. The van der Waals surface area contributed by atoms with E-state index < -0.39 is 0 Å². The van der Waals surface area contributed by atoms with Crippen LogP contribution in [0.5, 0.6) is 0 Å². The van der Waals surface area contributed by atoms with Crippen molar-refractivity contribution in [1.29, 1.82) is 0 Å². The van der Waals surface area contributed by atoms with Gasteiger partial charge in [0.25, 0.3) is 0 Å². The first kappa shape index (κ1) is 26.2. The monoisotopic (exact) mass is 577 g/mol. The summed E-state index contributed by atoms with van der Waals surface area (Å²) in [6, 6.07) is 12.8. The molecule has 4 rings (SSSR count). The maximum absolute atomic E-state index is 5.49. The lowest BCUT2D eigenvalue weighted by atomic mass is 10.1. The molecule has 1 unspecified atom stereocenters. The first-order valence-electron chi connectivity index (χ1n) is 11.9. The van der Waals surface area contributed by atoms with E-state index in [0.29, 0.717) is 6.54 Å². The minimum Gasteiger partial charge on any atom is -0.468 e. The number of guanidine groups is 1. The van der Waals surface area contributed by atoms with E-state index in [9.17, 15) is 0 Å². The Kier molecular flexibility index (Phi) is 9.94. The molecule has 1 aromatic carbocycles. The number of hydrogen-bond donors (Lipinski definition) is 2. The average molecular weight is 578 g/mol. The number of furan rings is 1. The molecule has 0 fully saturated rings. The Morgan fingerprint density at radius 2 is 2.00 bits per heavy atom. The van der Waals surface area contributed by atoms with Crippen LogP contribution in [-0.2, 0) is 39.0 Å². The van der Waals surface area contributed by atoms with Crippen LogP contribution >= 0.6 is 24.0 Å². The highest BCUT2D eigenvalue weighted by atomic mass is 127. The second kappa shape index (κ2) is 12.9. The SMILES string of the molecule is CCNC(=NCc1ccccc1CN(C)Cc1ccco1)NC1CCc2nc(CC)nn2C1.I. The topological polar surface area (TPSA) is 83.5 Å². The smallest absolute Gasteiger partial charge is 0.191 e. The number of aliphatic imine (C=N–C) groups is 1. The number of rotatable bonds is 9. The fourth-order valence-corrected chi connectivity index (χ4v) is 4.19. The van der Waals surface area contributed by atoms with E-state index in [0.717, 1.165) is 68.8 Å². The fraction of sp³-hybridized carbons (Fsp3) is 0.480. The van der Waals surface area contributed by atoms with Crippen LogP contribution in [0.2, 0.25) is 0 Å². The van der Waals surface area contributed by atoms with E-state index in [-0.39, 0.29) is 30.0 Å². The Balaban J connectivity index is 0.00000324. The van der Waals surface area contributed by atoms with Gasteiger partial charge in [-0.3, -0.25) is 4.90 Å². The van der Waals surface area contributed by atoms with Gasteiger partial charge in [-0.1, -0.05) is 31.2 Å². The van der Waals surface area contributed by atoms with E-state index in [1.807, 2.05) is 16.8 Å². The van der Waals surface area contributed by atoms with Crippen molar-refractivity contribution in [3.8, 4) is 0 Å². The summed E-state index contributed by atoms with van der Waals surface area (Å²) >= 11 is 0. The highest BCUT2D eigenvalue weighted by Gasteiger charge is 2.22. The molecule has 8 nitrogen and oxygen atoms in total. The van der Waals surface area contributed by atoms with Crippen LogP contribution in [0.4, 0.5) is 0 Å². The maximum Gasteiger partial charge on any atom is 0.191 e. The van der Waals surface area contributed by atoms with Gasteiger partial charge < -0.3 is 15.1 Å². The zero-order valence-corrected chi connectivity index (χ0v) is 22.7. The summed E-state index contributed by atoms with van der Waals surface area (Å²) in [7, 11) is 2.11. The van der Waals surface area contributed by atoms with Gasteiger partial charge in [-0.2, -0.15) is 5.10 Å². The summed E-state index contributed by atoms with van der Waals surface area (Å²) in [6.45, 7) is 8.08. The molecule has 0 spiro atoms. The fourth-order valence-electron chi connectivity index (χ4n) is 4.19. The molecule has 0 saturated carbocycles. The molecule has 0 amide bonds. The minimum absolute atomic E-state index is 0. The van der Waals surface area contributed by atoms with Crippen LogP contribution in [0, 0.1) is 0 Å². The summed E-state index contributed by atoms with van der Waals surface area (Å²) in [5.41, 5.74) is 2.51. The second-order valence-electron chi connectivity index (χ2n) is 8.58. The standard InChI is InChI=1S/C25H35N7O.HI/c1-4-23-29-24-13-12-21(17-32(24)30-23)28-25(26-5-2)27-15-19-9-6-7-10-20(19)16-31(3)18-22-11-8-14-33-22;/h6-11,14,21H,4-5,12-13,15-18H2,1-3H3,(H2,26,27,28);1H. The Bertz CT molecular complexity index is 1050. The molecule has 3 aromatic rings. The van der Waals surface area contributed by atoms with E-state index in [1.165, 1.54) is 11.1 Å². The molecular weight excluding hydrogens is 541 g/mol. The molecule has 2 aromatic heterocycles. The van der Waals surface area contributed by atoms with Gasteiger partial charge in [-0.05, 0) is 43.7 Å². The number of fused-ring (bicyclic) bond motifs is 1. The Morgan fingerprint density at radius 1 is 1.18 bits per heavy atom. The van der Waals surface area contributed by atoms with E-state index in [1.54, 1.807) is 6.26 Å². The largest absolute Gasteiger partial charge is 0.468 e.